The van der Waals surface area contributed by atoms with Gasteiger partial charge in [-0.15, -0.1) is 0 Å². The standard InChI is InChI=1S/C18H31NO/c1-6-17(7-2)15(4)19-14(3)8-9-16-10-12-18(20-5)13-11-16/h10-15,17,19H,6-9H2,1-5H3. The van der Waals surface area contributed by atoms with E-state index in [0.717, 1.165) is 18.1 Å². The summed E-state index contributed by atoms with van der Waals surface area (Å²) >= 11 is 0. The molecule has 0 saturated heterocycles. The highest BCUT2D eigenvalue weighted by Gasteiger charge is 2.15. The number of ether oxygens (including phenoxy) is 1. The third kappa shape index (κ3) is 5.54. The van der Waals surface area contributed by atoms with Crippen molar-refractivity contribution in [3.63, 3.8) is 0 Å². The molecule has 0 fully saturated rings. The first-order chi connectivity index (χ1) is 9.60. The van der Waals surface area contributed by atoms with Crippen LogP contribution in [-0.2, 0) is 6.42 Å². The Morgan fingerprint density at radius 3 is 2.15 bits per heavy atom. The fraction of sp³-hybridized carbons (Fsp3) is 0.667. The zero-order valence-corrected chi connectivity index (χ0v) is 13.8. The Labute approximate surface area is 124 Å². The van der Waals surface area contributed by atoms with E-state index in [1.807, 2.05) is 12.1 Å². The molecule has 2 nitrogen and oxygen atoms in total. The molecule has 0 bridgehead atoms. The molecule has 20 heavy (non-hydrogen) atoms. The number of rotatable bonds is 9. The molecule has 0 saturated carbocycles. The average Bonchev–Trinajstić information content (AvgIpc) is 2.47. The van der Waals surface area contributed by atoms with Crippen LogP contribution in [0.25, 0.3) is 0 Å². The van der Waals surface area contributed by atoms with E-state index < -0.39 is 0 Å². The Bertz CT molecular complexity index is 356. The quantitative estimate of drug-likeness (QED) is 0.721. The van der Waals surface area contributed by atoms with E-state index in [1.54, 1.807) is 7.11 Å². The predicted molar refractivity (Wildman–Crippen MR) is 87.4 cm³/mol. The van der Waals surface area contributed by atoms with Gasteiger partial charge in [-0.2, -0.15) is 0 Å². The van der Waals surface area contributed by atoms with Crippen LogP contribution in [0.5, 0.6) is 5.75 Å². The Hall–Kier alpha value is -1.02. The molecular formula is C18H31NO. The number of benzene rings is 1. The van der Waals surface area contributed by atoms with E-state index in [0.29, 0.717) is 12.1 Å². The van der Waals surface area contributed by atoms with Gasteiger partial charge in [0.2, 0.25) is 0 Å². The van der Waals surface area contributed by atoms with Gasteiger partial charge in [0.1, 0.15) is 5.75 Å². The molecule has 0 heterocycles. The van der Waals surface area contributed by atoms with Gasteiger partial charge in [0.25, 0.3) is 0 Å². The van der Waals surface area contributed by atoms with Crippen molar-refractivity contribution in [1.82, 2.24) is 5.32 Å². The Morgan fingerprint density at radius 1 is 1.05 bits per heavy atom. The van der Waals surface area contributed by atoms with Crippen molar-refractivity contribution in [1.29, 1.82) is 0 Å². The molecule has 1 N–H and O–H groups in total. The Kier molecular flexibility index (Phi) is 7.68. The average molecular weight is 277 g/mol. The lowest BCUT2D eigenvalue weighted by Crippen LogP contribution is -2.39. The van der Waals surface area contributed by atoms with Crippen molar-refractivity contribution in [2.45, 2.75) is 65.5 Å². The van der Waals surface area contributed by atoms with Gasteiger partial charge < -0.3 is 10.1 Å². The molecule has 1 rings (SSSR count). The van der Waals surface area contributed by atoms with Crippen LogP contribution in [0.3, 0.4) is 0 Å². The zero-order valence-electron chi connectivity index (χ0n) is 13.8. The van der Waals surface area contributed by atoms with Crippen molar-refractivity contribution in [2.24, 2.45) is 5.92 Å². The van der Waals surface area contributed by atoms with Crippen LogP contribution in [0.2, 0.25) is 0 Å². The zero-order chi connectivity index (χ0) is 15.0. The first-order valence-electron chi connectivity index (χ1n) is 7.99. The highest BCUT2D eigenvalue weighted by molar-refractivity contribution is 5.27. The highest BCUT2D eigenvalue weighted by atomic mass is 16.5. The van der Waals surface area contributed by atoms with Gasteiger partial charge in [0, 0.05) is 12.1 Å². The Balaban J connectivity index is 2.36. The second kappa shape index (κ2) is 9.02. The molecule has 1 aromatic rings. The minimum atomic E-state index is 0.563. The van der Waals surface area contributed by atoms with Crippen molar-refractivity contribution in [2.75, 3.05) is 7.11 Å². The minimum absolute atomic E-state index is 0.563. The number of methoxy groups -OCH3 is 1. The summed E-state index contributed by atoms with van der Waals surface area (Å²) in [5.41, 5.74) is 1.38. The summed E-state index contributed by atoms with van der Waals surface area (Å²) in [7, 11) is 1.71. The van der Waals surface area contributed by atoms with Crippen LogP contribution in [0.1, 0.15) is 52.5 Å². The minimum Gasteiger partial charge on any atom is -0.497 e. The van der Waals surface area contributed by atoms with Gasteiger partial charge >= 0.3 is 0 Å². The van der Waals surface area contributed by atoms with Crippen molar-refractivity contribution in [3.05, 3.63) is 29.8 Å². The third-order valence-electron chi connectivity index (χ3n) is 4.33. The van der Waals surface area contributed by atoms with Gasteiger partial charge in [-0.3, -0.25) is 0 Å². The molecule has 2 atom stereocenters. The first kappa shape index (κ1) is 17.0. The molecule has 0 aliphatic heterocycles. The van der Waals surface area contributed by atoms with Crippen LogP contribution in [0.4, 0.5) is 0 Å². The predicted octanol–water partition coefficient (Wildman–Crippen LogP) is 4.43. The maximum Gasteiger partial charge on any atom is 0.118 e. The SMILES string of the molecule is CCC(CC)C(C)NC(C)CCc1ccc(OC)cc1. The van der Waals surface area contributed by atoms with Crippen LogP contribution < -0.4 is 10.1 Å². The highest BCUT2D eigenvalue weighted by Crippen LogP contribution is 2.15. The molecule has 1 aromatic carbocycles. The first-order valence-corrected chi connectivity index (χ1v) is 7.99. The van der Waals surface area contributed by atoms with Crippen molar-refractivity contribution < 1.29 is 4.74 Å². The number of hydrogen-bond donors (Lipinski definition) is 1. The van der Waals surface area contributed by atoms with E-state index in [9.17, 15) is 0 Å². The van der Waals surface area contributed by atoms with E-state index in [1.165, 1.54) is 24.8 Å². The lowest BCUT2D eigenvalue weighted by Gasteiger charge is -2.26. The molecule has 0 aromatic heterocycles. The summed E-state index contributed by atoms with van der Waals surface area (Å²) in [4.78, 5) is 0. The molecule has 0 radical (unpaired) electrons. The second-order valence-corrected chi connectivity index (χ2v) is 5.82. The third-order valence-corrected chi connectivity index (χ3v) is 4.33. The Morgan fingerprint density at radius 2 is 1.65 bits per heavy atom. The second-order valence-electron chi connectivity index (χ2n) is 5.82. The van der Waals surface area contributed by atoms with E-state index in [-0.39, 0.29) is 0 Å². The molecule has 114 valence electrons. The van der Waals surface area contributed by atoms with Gasteiger partial charge in [-0.25, -0.2) is 0 Å². The van der Waals surface area contributed by atoms with Crippen LogP contribution in [-0.4, -0.2) is 19.2 Å². The molecule has 0 aliphatic rings. The van der Waals surface area contributed by atoms with Gasteiger partial charge in [0.15, 0.2) is 0 Å². The lowest BCUT2D eigenvalue weighted by molar-refractivity contribution is 0.321. The fourth-order valence-electron chi connectivity index (χ4n) is 2.84. The smallest absolute Gasteiger partial charge is 0.118 e. The van der Waals surface area contributed by atoms with E-state index >= 15 is 0 Å². The summed E-state index contributed by atoms with van der Waals surface area (Å²) < 4.78 is 5.19. The molecular weight excluding hydrogens is 246 g/mol. The van der Waals surface area contributed by atoms with Gasteiger partial charge in [0.05, 0.1) is 7.11 Å². The summed E-state index contributed by atoms with van der Waals surface area (Å²) in [5, 5.41) is 3.75. The topological polar surface area (TPSA) is 21.3 Å². The van der Waals surface area contributed by atoms with Crippen molar-refractivity contribution >= 4 is 0 Å². The van der Waals surface area contributed by atoms with E-state index in [2.05, 4.69) is 45.1 Å². The molecule has 0 spiro atoms. The lowest BCUT2D eigenvalue weighted by atomic mass is 9.94. The summed E-state index contributed by atoms with van der Waals surface area (Å²) in [5.74, 6) is 1.72. The monoisotopic (exact) mass is 277 g/mol. The fourth-order valence-corrected chi connectivity index (χ4v) is 2.84. The number of aryl methyl sites for hydroxylation is 1. The van der Waals surface area contributed by atoms with Crippen LogP contribution in [0.15, 0.2) is 24.3 Å². The molecule has 2 unspecified atom stereocenters. The summed E-state index contributed by atoms with van der Waals surface area (Å²) in [6, 6.07) is 9.58. The summed E-state index contributed by atoms with van der Waals surface area (Å²) in [6.45, 7) is 9.19. The van der Waals surface area contributed by atoms with Crippen molar-refractivity contribution in [3.8, 4) is 5.75 Å². The van der Waals surface area contributed by atoms with Gasteiger partial charge in [-0.1, -0.05) is 38.8 Å². The van der Waals surface area contributed by atoms with Crippen LogP contribution in [0, 0.1) is 5.92 Å². The number of nitrogens with one attached hydrogen (secondary N) is 1. The molecule has 0 aliphatic carbocycles. The molecule has 2 heteroatoms. The summed E-state index contributed by atoms with van der Waals surface area (Å²) in [6.07, 6.45) is 4.82. The number of hydrogen-bond acceptors (Lipinski definition) is 2. The van der Waals surface area contributed by atoms with E-state index in [4.69, 9.17) is 4.74 Å². The maximum absolute atomic E-state index is 5.19. The maximum atomic E-state index is 5.19. The molecule has 0 amide bonds. The largest absolute Gasteiger partial charge is 0.497 e. The normalized spacial score (nSPS) is 14.3. The van der Waals surface area contributed by atoms with Crippen LogP contribution >= 0.6 is 0 Å². The van der Waals surface area contributed by atoms with Gasteiger partial charge in [-0.05, 0) is 50.3 Å².